The second kappa shape index (κ2) is 6.41. The van der Waals surface area contributed by atoms with E-state index in [-0.39, 0.29) is 21.6 Å². The van der Waals surface area contributed by atoms with Crippen LogP contribution < -0.4 is 0 Å². The number of sulfone groups is 1. The zero-order chi connectivity index (χ0) is 13.1. The molecule has 0 heterocycles. The van der Waals surface area contributed by atoms with Crippen molar-refractivity contribution in [1.82, 2.24) is 0 Å². The van der Waals surface area contributed by atoms with Gasteiger partial charge in [-0.25, -0.2) is 8.42 Å². The Morgan fingerprint density at radius 2 is 1.94 bits per heavy atom. The lowest BCUT2D eigenvalue weighted by atomic mass is 10.2. The number of hydrogen-bond donors (Lipinski definition) is 0. The second-order valence-electron chi connectivity index (χ2n) is 3.79. The lowest BCUT2D eigenvalue weighted by Crippen LogP contribution is -2.17. The summed E-state index contributed by atoms with van der Waals surface area (Å²) in [5, 5.41) is 1.29. The molecule has 0 saturated heterocycles. The number of alkyl halides is 1. The first-order valence-corrected chi connectivity index (χ1v) is 8.67. The minimum Gasteiger partial charge on any atom is -0.224 e. The van der Waals surface area contributed by atoms with Crippen molar-refractivity contribution in [3.63, 3.8) is 0 Å². The summed E-state index contributed by atoms with van der Waals surface area (Å²) in [5.74, 6) is 0.224. The summed E-state index contributed by atoms with van der Waals surface area (Å²) in [5.41, 5.74) is 0. The van der Waals surface area contributed by atoms with Gasteiger partial charge in [-0.05, 0) is 24.1 Å². The quantitative estimate of drug-likeness (QED) is 0.738. The molecular formula is C11H13BrCl2O2S. The molecule has 0 aliphatic carbocycles. The van der Waals surface area contributed by atoms with Gasteiger partial charge in [0.05, 0.1) is 20.7 Å². The zero-order valence-electron chi connectivity index (χ0n) is 9.29. The normalized spacial score (nSPS) is 13.6. The summed E-state index contributed by atoms with van der Waals surface area (Å²) in [7, 11) is -3.30. The molecule has 0 aromatic heterocycles. The van der Waals surface area contributed by atoms with Gasteiger partial charge < -0.3 is 0 Å². The van der Waals surface area contributed by atoms with Crippen LogP contribution in [0.3, 0.4) is 0 Å². The van der Waals surface area contributed by atoms with Crippen molar-refractivity contribution in [3.8, 4) is 0 Å². The molecule has 96 valence electrons. The number of hydrogen-bond acceptors (Lipinski definition) is 2. The summed E-state index contributed by atoms with van der Waals surface area (Å²) < 4.78 is 24.2. The Hall–Kier alpha value is 0.230. The van der Waals surface area contributed by atoms with Gasteiger partial charge in [-0.3, -0.25) is 0 Å². The zero-order valence-corrected chi connectivity index (χ0v) is 13.2. The van der Waals surface area contributed by atoms with Gasteiger partial charge in [0.1, 0.15) is 0 Å². The Kier molecular flexibility index (Phi) is 5.77. The van der Waals surface area contributed by atoms with E-state index in [1.54, 1.807) is 0 Å². The smallest absolute Gasteiger partial charge is 0.178 e. The Morgan fingerprint density at radius 3 is 2.41 bits per heavy atom. The van der Waals surface area contributed by atoms with Crippen LogP contribution in [0.1, 0.15) is 13.3 Å². The average Bonchev–Trinajstić information content (AvgIpc) is 2.29. The third kappa shape index (κ3) is 4.12. The van der Waals surface area contributed by atoms with Crippen LogP contribution in [0, 0.1) is 5.92 Å². The molecule has 1 rings (SSSR count). The fourth-order valence-electron chi connectivity index (χ4n) is 1.35. The van der Waals surface area contributed by atoms with E-state index in [1.165, 1.54) is 18.2 Å². The van der Waals surface area contributed by atoms with Crippen molar-refractivity contribution in [2.24, 2.45) is 5.92 Å². The highest BCUT2D eigenvalue weighted by molar-refractivity contribution is 9.09. The molecule has 1 unspecified atom stereocenters. The summed E-state index contributed by atoms with van der Waals surface area (Å²) in [6.45, 7) is 1.97. The van der Waals surface area contributed by atoms with Gasteiger partial charge in [0.25, 0.3) is 0 Å². The molecule has 0 radical (unpaired) electrons. The molecule has 0 bridgehead atoms. The van der Waals surface area contributed by atoms with Crippen LogP contribution in [0.15, 0.2) is 23.1 Å². The van der Waals surface area contributed by atoms with Crippen LogP contribution in [0.5, 0.6) is 0 Å². The SMILES string of the molecule is CCC(CBr)CS(=O)(=O)c1ccc(Cl)c(Cl)c1. The Balaban J connectivity index is 3.01. The van der Waals surface area contributed by atoms with Gasteiger partial charge in [-0.2, -0.15) is 0 Å². The molecule has 17 heavy (non-hydrogen) atoms. The molecule has 1 aromatic carbocycles. The van der Waals surface area contributed by atoms with Crippen LogP contribution in [-0.4, -0.2) is 19.5 Å². The highest BCUT2D eigenvalue weighted by Gasteiger charge is 2.20. The molecule has 0 amide bonds. The average molecular weight is 360 g/mol. The van der Waals surface area contributed by atoms with Gasteiger partial charge in [0, 0.05) is 5.33 Å². The van der Waals surface area contributed by atoms with E-state index < -0.39 is 9.84 Å². The lowest BCUT2D eigenvalue weighted by molar-refractivity contribution is 0.569. The van der Waals surface area contributed by atoms with Crippen LogP contribution in [0.25, 0.3) is 0 Å². The first kappa shape index (κ1) is 15.3. The predicted molar refractivity (Wildman–Crippen MR) is 76.1 cm³/mol. The molecule has 0 spiro atoms. The standard InChI is InChI=1S/C11H13BrCl2O2S/c1-2-8(6-12)7-17(15,16)9-3-4-10(13)11(14)5-9/h3-5,8H,2,6-7H2,1H3. The summed E-state index contributed by atoms with van der Waals surface area (Å²) >= 11 is 14.9. The van der Waals surface area contributed by atoms with Crippen molar-refractivity contribution in [2.45, 2.75) is 18.2 Å². The van der Waals surface area contributed by atoms with Crippen LogP contribution in [0.4, 0.5) is 0 Å². The van der Waals surface area contributed by atoms with E-state index in [9.17, 15) is 8.42 Å². The highest BCUT2D eigenvalue weighted by Crippen LogP contribution is 2.26. The molecular weight excluding hydrogens is 347 g/mol. The van der Waals surface area contributed by atoms with E-state index in [1.807, 2.05) is 6.92 Å². The lowest BCUT2D eigenvalue weighted by Gasteiger charge is -2.12. The van der Waals surface area contributed by atoms with Gasteiger partial charge >= 0.3 is 0 Å². The fourth-order valence-corrected chi connectivity index (χ4v) is 4.44. The first-order chi connectivity index (χ1) is 7.90. The number of rotatable bonds is 5. The van der Waals surface area contributed by atoms with E-state index in [4.69, 9.17) is 23.2 Å². The van der Waals surface area contributed by atoms with E-state index in [2.05, 4.69) is 15.9 Å². The van der Waals surface area contributed by atoms with Crippen molar-refractivity contribution < 1.29 is 8.42 Å². The van der Waals surface area contributed by atoms with E-state index in [0.29, 0.717) is 10.4 Å². The molecule has 0 fully saturated rings. The summed E-state index contributed by atoms with van der Waals surface area (Å²) in [4.78, 5) is 0.228. The predicted octanol–water partition coefficient (Wildman–Crippen LogP) is 4.19. The van der Waals surface area contributed by atoms with Crippen molar-refractivity contribution >= 4 is 49.0 Å². The Bertz CT molecular complexity index is 484. The van der Waals surface area contributed by atoms with E-state index >= 15 is 0 Å². The minimum atomic E-state index is -3.30. The molecule has 1 atom stereocenters. The Labute approximate surface area is 120 Å². The molecule has 2 nitrogen and oxygen atoms in total. The van der Waals surface area contributed by atoms with Gasteiger partial charge in [0.15, 0.2) is 9.84 Å². The maximum absolute atomic E-state index is 12.1. The van der Waals surface area contributed by atoms with Crippen LogP contribution in [0.2, 0.25) is 10.0 Å². The maximum Gasteiger partial charge on any atom is 0.178 e. The van der Waals surface area contributed by atoms with Crippen LogP contribution >= 0.6 is 39.1 Å². The van der Waals surface area contributed by atoms with Gasteiger partial charge in [-0.15, -0.1) is 0 Å². The number of benzene rings is 1. The van der Waals surface area contributed by atoms with E-state index in [0.717, 1.165) is 6.42 Å². The molecule has 0 aliphatic rings. The fraction of sp³-hybridized carbons (Fsp3) is 0.455. The number of halogens is 3. The van der Waals surface area contributed by atoms with Crippen molar-refractivity contribution in [2.75, 3.05) is 11.1 Å². The molecule has 0 N–H and O–H groups in total. The molecule has 0 saturated carbocycles. The third-order valence-corrected chi connectivity index (χ3v) is 6.04. The molecule has 0 aliphatic heterocycles. The first-order valence-electron chi connectivity index (χ1n) is 5.14. The van der Waals surface area contributed by atoms with Crippen LogP contribution in [-0.2, 0) is 9.84 Å². The third-order valence-electron chi connectivity index (χ3n) is 2.50. The van der Waals surface area contributed by atoms with Crippen molar-refractivity contribution in [1.29, 1.82) is 0 Å². The molecule has 1 aromatic rings. The van der Waals surface area contributed by atoms with Gasteiger partial charge in [0.2, 0.25) is 0 Å². The van der Waals surface area contributed by atoms with Gasteiger partial charge in [-0.1, -0.05) is 52.5 Å². The minimum absolute atomic E-state index is 0.106. The second-order valence-corrected chi connectivity index (χ2v) is 7.28. The monoisotopic (exact) mass is 358 g/mol. The Morgan fingerprint density at radius 1 is 1.29 bits per heavy atom. The summed E-state index contributed by atoms with van der Waals surface area (Å²) in [6.07, 6.45) is 0.811. The highest BCUT2D eigenvalue weighted by atomic mass is 79.9. The molecule has 6 heteroatoms. The van der Waals surface area contributed by atoms with Crippen molar-refractivity contribution in [3.05, 3.63) is 28.2 Å². The maximum atomic E-state index is 12.1. The largest absolute Gasteiger partial charge is 0.224 e. The topological polar surface area (TPSA) is 34.1 Å². The summed E-state index contributed by atoms with van der Waals surface area (Å²) in [6, 6.07) is 4.40.